The minimum Gasteiger partial charge on any atom is -0.496 e. The van der Waals surface area contributed by atoms with Crippen molar-refractivity contribution in [3.8, 4) is 51.4 Å². The number of para-hydroxylation sites is 8. The molecule has 0 bridgehead atoms. The van der Waals surface area contributed by atoms with E-state index in [1.54, 1.807) is 124 Å². The van der Waals surface area contributed by atoms with Gasteiger partial charge in [0.2, 0.25) is 0 Å². The first-order valence-corrected chi connectivity index (χ1v) is 37.0. The zero-order chi connectivity index (χ0) is 82.3. The molecule has 4 amide bonds. The van der Waals surface area contributed by atoms with Crippen LogP contribution in [0.5, 0.6) is 17.2 Å². The number of rotatable bonds is 19. The Bertz CT molecular complexity index is 6750. The summed E-state index contributed by atoms with van der Waals surface area (Å²) in [7, 11) is 5.73. The summed E-state index contributed by atoms with van der Waals surface area (Å²) in [5.41, 5.74) is 17.4. The first-order chi connectivity index (χ1) is 58.2. The molecule has 119 heavy (non-hydrogen) atoms. The molecule has 27 heteroatoms. The summed E-state index contributed by atoms with van der Waals surface area (Å²) in [4.78, 5) is 99.9. The maximum Gasteiger partial charge on any atom is 0.341 e. The van der Waals surface area contributed by atoms with Gasteiger partial charge in [-0.3, -0.25) is 37.4 Å². The Morgan fingerprint density at radius 1 is 0.311 bits per heavy atom. The number of carboxylic acids is 1. The molecule has 0 spiro atoms. The van der Waals surface area contributed by atoms with Gasteiger partial charge in [0.25, 0.3) is 23.6 Å². The Hall–Kier alpha value is -16.8. The number of fused-ring (bicyclic) bond motifs is 4. The largest absolute Gasteiger partial charge is 0.496 e. The lowest BCUT2D eigenvalue weighted by molar-refractivity contribution is 0.0595. The molecule has 27 nitrogen and oxygen atoms in total. The van der Waals surface area contributed by atoms with Gasteiger partial charge >= 0.3 is 11.9 Å². The average Bonchev–Trinajstić information content (AvgIpc) is 1.71. The van der Waals surface area contributed by atoms with Crippen LogP contribution in [0.3, 0.4) is 0 Å². The Morgan fingerprint density at radius 3 is 0.992 bits per heavy atom. The van der Waals surface area contributed by atoms with Crippen molar-refractivity contribution in [1.29, 1.82) is 0 Å². The Morgan fingerprint density at radius 2 is 0.639 bits per heavy atom. The number of nitrogens with zero attached hydrogens (tertiary/aromatic N) is 12. The zero-order valence-electron chi connectivity index (χ0n) is 64.2. The van der Waals surface area contributed by atoms with Gasteiger partial charge in [0, 0.05) is 116 Å². The number of esters is 1. The van der Waals surface area contributed by atoms with Crippen molar-refractivity contribution in [1.82, 2.24) is 57.3 Å². The number of anilines is 4. The number of imidazole rings is 6. The molecule has 0 unspecified atom stereocenters. The highest BCUT2D eigenvalue weighted by Crippen LogP contribution is 2.31. The van der Waals surface area contributed by atoms with E-state index < -0.39 is 11.9 Å². The number of ether oxygens (including phenoxy) is 4. The molecular weight excluding hydrogens is 1510 g/mol. The lowest BCUT2D eigenvalue weighted by Gasteiger charge is -2.12. The number of carbonyl (C=O) groups is 6. The molecule has 6 aromatic heterocycles. The van der Waals surface area contributed by atoms with Crippen molar-refractivity contribution in [3.63, 3.8) is 0 Å². The van der Waals surface area contributed by atoms with Crippen molar-refractivity contribution < 1.29 is 52.8 Å². The summed E-state index contributed by atoms with van der Waals surface area (Å²) < 4.78 is 32.1. The topological polar surface area (TPSA) is 315 Å². The van der Waals surface area contributed by atoms with Crippen LogP contribution in [0.1, 0.15) is 62.1 Å². The number of carbonyl (C=O) groups excluding carboxylic acids is 5. The second-order valence-corrected chi connectivity index (χ2v) is 26.4. The number of methoxy groups -OCH3 is 4. The van der Waals surface area contributed by atoms with Crippen LogP contribution in [0.15, 0.2) is 336 Å². The maximum atomic E-state index is 12.9. The molecule has 6 heterocycles. The third-order valence-electron chi connectivity index (χ3n) is 19.1. The number of amides is 4. The van der Waals surface area contributed by atoms with E-state index in [4.69, 9.17) is 24.1 Å². The minimum atomic E-state index is -1.10. The molecule has 586 valence electrons. The predicted molar refractivity (Wildman–Crippen MR) is 454 cm³/mol. The quantitative estimate of drug-likeness (QED) is 0.0470. The molecular formula is C92H72N16O11. The molecule has 0 radical (unpaired) electrons. The van der Waals surface area contributed by atoms with E-state index in [-0.39, 0.29) is 40.5 Å². The van der Waals surface area contributed by atoms with Crippen molar-refractivity contribution >= 4 is 102 Å². The monoisotopic (exact) mass is 1580 g/mol. The molecule has 0 aliphatic carbocycles. The summed E-state index contributed by atoms with van der Waals surface area (Å²) in [6.07, 6.45) is 17.6. The highest BCUT2D eigenvalue weighted by molar-refractivity contribution is 6.08. The van der Waals surface area contributed by atoms with Gasteiger partial charge in [-0.25, -0.2) is 39.5 Å². The highest BCUT2D eigenvalue weighted by atomic mass is 16.5. The van der Waals surface area contributed by atoms with Gasteiger partial charge in [0.1, 0.15) is 53.7 Å². The average molecular weight is 1580 g/mol. The zero-order valence-corrected chi connectivity index (χ0v) is 64.2. The van der Waals surface area contributed by atoms with Gasteiger partial charge in [-0.15, -0.1) is 0 Å². The maximum absolute atomic E-state index is 12.9. The smallest absolute Gasteiger partial charge is 0.341 e. The van der Waals surface area contributed by atoms with Crippen LogP contribution in [0.4, 0.5) is 22.7 Å². The fourth-order valence-corrected chi connectivity index (χ4v) is 13.2. The number of aromatic carboxylic acids is 1. The number of aromatic nitrogens is 12. The van der Waals surface area contributed by atoms with E-state index in [9.17, 15) is 28.8 Å². The van der Waals surface area contributed by atoms with Crippen LogP contribution in [-0.2, 0) is 4.74 Å². The third kappa shape index (κ3) is 17.5. The lowest BCUT2D eigenvalue weighted by atomic mass is 10.1. The molecule has 0 saturated heterocycles. The van der Waals surface area contributed by atoms with Crippen LogP contribution in [0.2, 0.25) is 0 Å². The highest BCUT2D eigenvalue weighted by Gasteiger charge is 2.20. The number of hydrogen-bond donors (Lipinski definition) is 5. The summed E-state index contributed by atoms with van der Waals surface area (Å²) in [6.45, 7) is 0. The Kier molecular flexibility index (Phi) is 23.1. The fourth-order valence-electron chi connectivity index (χ4n) is 13.2. The van der Waals surface area contributed by atoms with E-state index in [1.165, 1.54) is 39.5 Å². The van der Waals surface area contributed by atoms with Crippen molar-refractivity contribution in [3.05, 3.63) is 369 Å². The van der Waals surface area contributed by atoms with Crippen molar-refractivity contribution in [2.75, 3.05) is 49.7 Å². The normalized spacial score (nSPS) is 10.8. The second-order valence-electron chi connectivity index (χ2n) is 26.4. The minimum absolute atomic E-state index is 0.0273. The van der Waals surface area contributed by atoms with Crippen molar-refractivity contribution in [2.45, 2.75) is 0 Å². The molecule has 5 N–H and O–H groups in total. The Labute approximate surface area is 679 Å². The first kappa shape index (κ1) is 77.5. The van der Waals surface area contributed by atoms with E-state index in [0.717, 1.165) is 83.9 Å². The van der Waals surface area contributed by atoms with Gasteiger partial charge in [0.05, 0.1) is 90.9 Å². The third-order valence-corrected chi connectivity index (χ3v) is 19.1. The number of benzene rings is 12. The van der Waals surface area contributed by atoms with Gasteiger partial charge in [-0.1, -0.05) is 72.8 Å². The van der Waals surface area contributed by atoms with Crippen molar-refractivity contribution in [2.24, 2.45) is 0 Å². The van der Waals surface area contributed by atoms with Gasteiger partial charge in [-0.2, -0.15) is 0 Å². The Balaban J connectivity index is 0.000000124. The van der Waals surface area contributed by atoms with Crippen LogP contribution in [0, 0.1) is 0 Å². The van der Waals surface area contributed by atoms with E-state index in [2.05, 4.69) is 51.2 Å². The number of nitrogens with one attached hydrogen (secondary N) is 4. The van der Waals surface area contributed by atoms with E-state index >= 15 is 0 Å². The molecule has 12 aromatic carbocycles. The SMILES string of the molecule is COC(=O)c1ccc(NC(=O)c2cccc(-n3cnc4ccccc43)c2)cc1OC.COc1cc(NC(=O)c2cccc(-n3cnc4ccccc43)c2)ccc1-n1ccnc1.COc1cc(NC(=O)c2cccc(-n3cnc4ccccc43)c2)ccc1C(=O)O.O=C(Nc1ccc(-n2ccnc2)cc1)c1cccc(-n2cnc3ccccc32)c1. The molecule has 0 aliphatic rings. The van der Waals surface area contributed by atoms with Crippen LogP contribution < -0.4 is 35.5 Å². The predicted octanol–water partition coefficient (Wildman–Crippen LogP) is 17.0. The second kappa shape index (κ2) is 35.5. The molecule has 0 aliphatic heterocycles. The number of hydrogen-bond acceptors (Lipinski definition) is 16. The lowest BCUT2D eigenvalue weighted by Crippen LogP contribution is -2.13. The summed E-state index contributed by atoms with van der Waals surface area (Å²) in [5.74, 6) is -1.45. The van der Waals surface area contributed by atoms with Gasteiger partial charge in [-0.05, 0) is 182 Å². The molecule has 18 aromatic rings. The molecule has 0 fully saturated rings. The standard InChI is InChI=1S/C24H19N5O2.C23H17N5O.C23H19N3O4.C22H17N3O4/c1-31-23-14-18(9-10-22(23)28-12-11-25-15-28)27-24(30)17-5-4-6-19(13-17)29-16-26-20-7-2-3-8-21(20)29;29-23(26-18-8-10-19(11-9-18)27-13-12-24-15-27)17-4-3-5-20(14-17)28-16-25-21-6-1-2-7-22(21)28;1-29-21-13-16(10-11-18(21)23(28)30-2)25-22(27)15-6-5-7-17(12-15)26-14-24-19-8-3-4-9-20(19)26;1-29-20-12-15(9-10-17(20)22(27)28)24-21(26)14-5-4-6-16(11-14)25-13-23-18-7-2-3-8-19(18)25/h2-16H,1H3,(H,27,30);1-16H,(H,26,29);3-14H,1-2H3,(H,25,27);2-13H,1H3,(H,24,26)(H,27,28). The van der Waals surface area contributed by atoms with Gasteiger partial charge < -0.3 is 54.5 Å². The summed E-state index contributed by atoms with van der Waals surface area (Å²) in [5, 5.41) is 20.7. The summed E-state index contributed by atoms with van der Waals surface area (Å²) >= 11 is 0. The number of carboxylic acid groups (broad SMARTS) is 1. The first-order valence-electron chi connectivity index (χ1n) is 37.0. The molecule has 0 atom stereocenters. The van der Waals surface area contributed by atoms with Gasteiger partial charge in [0.15, 0.2) is 0 Å². The van der Waals surface area contributed by atoms with Crippen LogP contribution in [0.25, 0.3) is 78.3 Å². The molecule has 18 rings (SSSR count). The fraction of sp³-hybridized carbons (Fsp3) is 0.0435. The van der Waals surface area contributed by atoms with E-state index in [1.807, 2.05) is 228 Å². The summed E-state index contributed by atoms with van der Waals surface area (Å²) in [6, 6.07) is 83.0. The van der Waals surface area contributed by atoms with Crippen LogP contribution >= 0.6 is 0 Å². The van der Waals surface area contributed by atoms with E-state index in [0.29, 0.717) is 50.8 Å². The van der Waals surface area contributed by atoms with Crippen LogP contribution in [-0.4, -0.2) is 126 Å². The molecule has 0 saturated carbocycles.